The molecule has 0 radical (unpaired) electrons. The molecule has 0 atom stereocenters. The maximum absolute atomic E-state index is 4.31. The van der Waals surface area contributed by atoms with E-state index in [1.807, 2.05) is 31.9 Å². The Hall–Kier alpha value is -1.38. The SMILES string of the molecule is C=C/N=C1\C(=C/C)N=C(C)N1C. The molecule has 0 amide bonds. The number of rotatable bonds is 1. The molecule has 0 unspecified atom stereocenters. The fourth-order valence-corrected chi connectivity index (χ4v) is 1.06. The monoisotopic (exact) mass is 163 g/mol. The Morgan fingerprint density at radius 3 is 2.75 bits per heavy atom. The van der Waals surface area contributed by atoms with Crippen LogP contribution in [0, 0.1) is 0 Å². The Morgan fingerprint density at radius 1 is 1.58 bits per heavy atom. The lowest BCUT2D eigenvalue weighted by atomic mass is 10.4. The van der Waals surface area contributed by atoms with E-state index < -0.39 is 0 Å². The first kappa shape index (κ1) is 8.71. The molecule has 1 aliphatic heterocycles. The first-order valence-electron chi connectivity index (χ1n) is 3.85. The minimum Gasteiger partial charge on any atom is -0.316 e. The third-order valence-corrected chi connectivity index (χ3v) is 1.80. The van der Waals surface area contributed by atoms with E-state index in [-0.39, 0.29) is 0 Å². The van der Waals surface area contributed by atoms with E-state index in [9.17, 15) is 0 Å². The lowest BCUT2D eigenvalue weighted by Crippen LogP contribution is -2.25. The predicted molar refractivity (Wildman–Crippen MR) is 52.3 cm³/mol. The van der Waals surface area contributed by atoms with Crippen molar-refractivity contribution in [1.29, 1.82) is 0 Å². The van der Waals surface area contributed by atoms with Crippen molar-refractivity contribution in [3.05, 3.63) is 24.6 Å². The van der Waals surface area contributed by atoms with E-state index in [2.05, 4.69) is 16.6 Å². The second-order valence-electron chi connectivity index (χ2n) is 2.53. The molecule has 0 aliphatic carbocycles. The zero-order chi connectivity index (χ0) is 9.14. The molecule has 1 rings (SSSR count). The lowest BCUT2D eigenvalue weighted by Gasteiger charge is -2.10. The highest BCUT2D eigenvalue weighted by molar-refractivity contribution is 6.14. The van der Waals surface area contributed by atoms with Crippen LogP contribution in [0.25, 0.3) is 0 Å². The summed E-state index contributed by atoms with van der Waals surface area (Å²) in [5.74, 6) is 1.83. The van der Waals surface area contributed by atoms with Gasteiger partial charge >= 0.3 is 0 Å². The van der Waals surface area contributed by atoms with Crippen LogP contribution in [0.5, 0.6) is 0 Å². The van der Waals surface area contributed by atoms with Crippen molar-refractivity contribution < 1.29 is 0 Å². The van der Waals surface area contributed by atoms with Crippen LogP contribution < -0.4 is 0 Å². The molecule has 3 heteroatoms. The molecule has 0 aromatic rings. The lowest BCUT2D eigenvalue weighted by molar-refractivity contribution is 0.768. The van der Waals surface area contributed by atoms with E-state index >= 15 is 0 Å². The standard InChI is InChI=1S/C9H13N3/c1-5-8-9(10-6-2)12(4)7(3)11-8/h5-6H,2H2,1,3-4H3/b8-5+,10-9+. The summed E-state index contributed by atoms with van der Waals surface area (Å²) < 4.78 is 0. The highest BCUT2D eigenvalue weighted by Gasteiger charge is 2.19. The van der Waals surface area contributed by atoms with Gasteiger partial charge in [0.2, 0.25) is 0 Å². The molecule has 1 aliphatic rings. The van der Waals surface area contributed by atoms with Crippen molar-refractivity contribution in [1.82, 2.24) is 4.90 Å². The van der Waals surface area contributed by atoms with Gasteiger partial charge in [-0.2, -0.15) is 0 Å². The van der Waals surface area contributed by atoms with Crippen LogP contribution in [0.1, 0.15) is 13.8 Å². The first-order valence-corrected chi connectivity index (χ1v) is 3.85. The molecular formula is C9H13N3. The summed E-state index contributed by atoms with van der Waals surface area (Å²) in [6, 6.07) is 0. The maximum atomic E-state index is 4.31. The molecule has 0 saturated carbocycles. The van der Waals surface area contributed by atoms with Gasteiger partial charge in [-0.1, -0.05) is 12.7 Å². The Balaban J connectivity index is 3.06. The summed E-state index contributed by atoms with van der Waals surface area (Å²) in [5.41, 5.74) is 0.912. The topological polar surface area (TPSA) is 28.0 Å². The van der Waals surface area contributed by atoms with Gasteiger partial charge in [0.25, 0.3) is 0 Å². The summed E-state index contributed by atoms with van der Waals surface area (Å²) in [4.78, 5) is 10.4. The first-order chi connectivity index (χ1) is 5.70. The molecular weight excluding hydrogens is 150 g/mol. The molecule has 0 aromatic carbocycles. The van der Waals surface area contributed by atoms with E-state index in [0.29, 0.717) is 0 Å². The maximum Gasteiger partial charge on any atom is 0.159 e. The molecule has 0 aromatic heterocycles. The normalized spacial score (nSPS) is 23.6. The average molecular weight is 163 g/mol. The fraction of sp³-hybridized carbons (Fsp3) is 0.333. The van der Waals surface area contributed by atoms with Crippen LogP contribution in [0.4, 0.5) is 0 Å². The van der Waals surface area contributed by atoms with Gasteiger partial charge in [0.05, 0.1) is 0 Å². The Labute approximate surface area is 72.8 Å². The van der Waals surface area contributed by atoms with Crippen LogP contribution in [0.3, 0.4) is 0 Å². The quantitative estimate of drug-likeness (QED) is 0.579. The van der Waals surface area contributed by atoms with Crippen molar-refractivity contribution in [2.45, 2.75) is 13.8 Å². The third kappa shape index (κ3) is 1.30. The number of hydrogen-bond donors (Lipinski definition) is 0. The summed E-state index contributed by atoms with van der Waals surface area (Å²) in [5, 5.41) is 0. The number of allylic oxidation sites excluding steroid dienone is 1. The molecule has 0 bridgehead atoms. The van der Waals surface area contributed by atoms with Crippen LogP contribution in [-0.2, 0) is 0 Å². The molecule has 0 spiro atoms. The summed E-state index contributed by atoms with van der Waals surface area (Å²) in [7, 11) is 1.94. The van der Waals surface area contributed by atoms with Gasteiger partial charge in [-0.25, -0.2) is 9.98 Å². The average Bonchev–Trinajstić information content (AvgIpc) is 2.33. The van der Waals surface area contributed by atoms with E-state index in [1.54, 1.807) is 0 Å². The molecule has 0 saturated heterocycles. The Morgan fingerprint density at radius 2 is 2.25 bits per heavy atom. The summed E-state index contributed by atoms with van der Waals surface area (Å²) >= 11 is 0. The van der Waals surface area contributed by atoms with Crippen LogP contribution in [0.2, 0.25) is 0 Å². The van der Waals surface area contributed by atoms with Crippen molar-refractivity contribution in [2.24, 2.45) is 9.98 Å². The van der Waals surface area contributed by atoms with Crippen molar-refractivity contribution in [2.75, 3.05) is 7.05 Å². The number of hydrogen-bond acceptors (Lipinski definition) is 2. The second kappa shape index (κ2) is 3.34. The number of aliphatic imine (C=N–C) groups is 2. The van der Waals surface area contributed by atoms with E-state index in [0.717, 1.165) is 17.4 Å². The van der Waals surface area contributed by atoms with E-state index in [4.69, 9.17) is 0 Å². The highest BCUT2D eigenvalue weighted by atomic mass is 15.3. The molecule has 0 fully saturated rings. The Bertz CT molecular complexity index is 284. The second-order valence-corrected chi connectivity index (χ2v) is 2.53. The van der Waals surface area contributed by atoms with Crippen molar-refractivity contribution >= 4 is 11.7 Å². The van der Waals surface area contributed by atoms with Gasteiger partial charge < -0.3 is 4.90 Å². The van der Waals surface area contributed by atoms with Gasteiger partial charge in [0.1, 0.15) is 11.5 Å². The molecule has 12 heavy (non-hydrogen) atoms. The van der Waals surface area contributed by atoms with Gasteiger partial charge in [0, 0.05) is 13.2 Å². The van der Waals surface area contributed by atoms with Crippen LogP contribution >= 0.6 is 0 Å². The highest BCUT2D eigenvalue weighted by Crippen LogP contribution is 2.13. The zero-order valence-corrected chi connectivity index (χ0v) is 7.70. The van der Waals surface area contributed by atoms with E-state index in [1.165, 1.54) is 6.20 Å². The van der Waals surface area contributed by atoms with Crippen LogP contribution in [0.15, 0.2) is 34.5 Å². The van der Waals surface area contributed by atoms with Crippen molar-refractivity contribution in [3.8, 4) is 0 Å². The number of amidine groups is 2. The predicted octanol–water partition coefficient (Wildman–Crippen LogP) is 1.80. The molecule has 64 valence electrons. The van der Waals surface area contributed by atoms with Gasteiger partial charge in [-0.15, -0.1) is 0 Å². The van der Waals surface area contributed by atoms with Crippen molar-refractivity contribution in [3.63, 3.8) is 0 Å². The minimum atomic E-state index is 0.866. The third-order valence-electron chi connectivity index (χ3n) is 1.80. The van der Waals surface area contributed by atoms with Crippen LogP contribution in [-0.4, -0.2) is 23.6 Å². The number of likely N-dealkylation sites (N-methyl/N-ethyl adjacent to an activating group) is 1. The minimum absolute atomic E-state index is 0.866. The molecule has 0 N–H and O–H groups in total. The Kier molecular flexibility index (Phi) is 2.43. The largest absolute Gasteiger partial charge is 0.316 e. The molecule has 1 heterocycles. The van der Waals surface area contributed by atoms with Gasteiger partial charge in [0.15, 0.2) is 5.84 Å². The molecule has 3 nitrogen and oxygen atoms in total. The summed E-state index contributed by atoms with van der Waals surface area (Å²) in [6.45, 7) is 7.46. The van der Waals surface area contributed by atoms with Gasteiger partial charge in [-0.05, 0) is 13.8 Å². The fourth-order valence-electron chi connectivity index (χ4n) is 1.06. The number of nitrogens with zero attached hydrogens (tertiary/aromatic N) is 3. The summed E-state index contributed by atoms with van der Waals surface area (Å²) in [6.07, 6.45) is 3.47. The zero-order valence-electron chi connectivity index (χ0n) is 7.70. The smallest absolute Gasteiger partial charge is 0.159 e. The van der Waals surface area contributed by atoms with Gasteiger partial charge in [-0.3, -0.25) is 0 Å².